The Hall–Kier alpha value is -0.0400. The highest BCUT2D eigenvalue weighted by atomic mass is 15.1. The summed E-state index contributed by atoms with van der Waals surface area (Å²) >= 11 is 0. The highest BCUT2D eigenvalue weighted by Gasteiger charge is 2.27. The van der Waals surface area contributed by atoms with E-state index in [1.165, 1.54) is 45.3 Å². The van der Waals surface area contributed by atoms with E-state index < -0.39 is 0 Å². The van der Waals surface area contributed by atoms with Gasteiger partial charge in [-0.2, -0.15) is 0 Å². The van der Waals surface area contributed by atoms with Crippen LogP contribution in [0.2, 0.25) is 0 Å². The summed E-state index contributed by atoms with van der Waals surface area (Å²) in [4.78, 5) is 2.66. The molecule has 0 spiro atoms. The minimum Gasteiger partial charge on any atom is -0.303 e. The number of piperidine rings is 1. The van der Waals surface area contributed by atoms with E-state index in [1.807, 2.05) is 0 Å². The fraction of sp³-hybridized carbons (Fsp3) is 1.00. The lowest BCUT2D eigenvalue weighted by Crippen LogP contribution is -2.39. The topological polar surface area (TPSA) is 3.24 Å². The summed E-state index contributed by atoms with van der Waals surface area (Å²) in [5, 5.41) is 0. The first-order valence-electron chi connectivity index (χ1n) is 6.51. The monoisotopic (exact) mass is 211 g/mol. The molecule has 90 valence electrons. The van der Waals surface area contributed by atoms with Gasteiger partial charge in [-0.1, -0.05) is 41.0 Å². The molecular weight excluding hydrogens is 182 g/mol. The standard InChI is InChI=1S/C14H29N/c1-13(2,3)11-14(4,5)12-15-9-7-6-8-10-15/h6-12H2,1-5H3. The fourth-order valence-electron chi connectivity index (χ4n) is 3.21. The van der Waals surface area contributed by atoms with Crippen molar-refractivity contribution >= 4 is 0 Å². The van der Waals surface area contributed by atoms with Gasteiger partial charge in [0.25, 0.3) is 0 Å². The van der Waals surface area contributed by atoms with Gasteiger partial charge in [0.15, 0.2) is 0 Å². The first kappa shape index (κ1) is 13.0. The Morgan fingerprint density at radius 1 is 0.867 bits per heavy atom. The van der Waals surface area contributed by atoms with Crippen LogP contribution in [0.15, 0.2) is 0 Å². The predicted molar refractivity (Wildman–Crippen MR) is 68.1 cm³/mol. The zero-order valence-corrected chi connectivity index (χ0v) is 11.4. The molecule has 0 N–H and O–H groups in total. The highest BCUT2D eigenvalue weighted by molar-refractivity contribution is 4.80. The quantitative estimate of drug-likeness (QED) is 0.683. The highest BCUT2D eigenvalue weighted by Crippen LogP contribution is 2.34. The van der Waals surface area contributed by atoms with Crippen LogP contribution in [0.25, 0.3) is 0 Å². The van der Waals surface area contributed by atoms with E-state index in [0.29, 0.717) is 10.8 Å². The molecule has 0 bridgehead atoms. The molecule has 1 fully saturated rings. The smallest absolute Gasteiger partial charge is 0.00329 e. The molecule has 15 heavy (non-hydrogen) atoms. The van der Waals surface area contributed by atoms with Crippen molar-refractivity contribution in [3.8, 4) is 0 Å². The number of nitrogens with zero attached hydrogens (tertiary/aromatic N) is 1. The van der Waals surface area contributed by atoms with E-state index in [4.69, 9.17) is 0 Å². The largest absolute Gasteiger partial charge is 0.303 e. The summed E-state index contributed by atoms with van der Waals surface area (Å²) in [6.07, 6.45) is 5.57. The predicted octanol–water partition coefficient (Wildman–Crippen LogP) is 3.93. The normalized spacial score (nSPS) is 20.6. The van der Waals surface area contributed by atoms with Crippen LogP contribution in [0.3, 0.4) is 0 Å². The molecule has 1 heteroatoms. The summed E-state index contributed by atoms with van der Waals surface area (Å²) in [6, 6.07) is 0. The molecule has 1 heterocycles. The Labute approximate surface area is 96.2 Å². The summed E-state index contributed by atoms with van der Waals surface area (Å²) in [6.45, 7) is 15.8. The third-order valence-corrected chi connectivity index (χ3v) is 3.11. The van der Waals surface area contributed by atoms with Crippen LogP contribution in [0.1, 0.15) is 60.3 Å². The number of hydrogen-bond acceptors (Lipinski definition) is 1. The van der Waals surface area contributed by atoms with Gasteiger partial charge in [0.05, 0.1) is 0 Å². The second kappa shape index (κ2) is 4.86. The Kier molecular flexibility index (Phi) is 4.22. The van der Waals surface area contributed by atoms with Crippen LogP contribution in [0.4, 0.5) is 0 Å². The number of rotatable bonds is 3. The van der Waals surface area contributed by atoms with Gasteiger partial charge in [0.2, 0.25) is 0 Å². The molecule has 0 aromatic carbocycles. The second-order valence-electron chi connectivity index (χ2n) is 7.24. The molecule has 0 atom stereocenters. The average Bonchev–Trinajstić information content (AvgIpc) is 1.99. The van der Waals surface area contributed by atoms with Crippen LogP contribution in [-0.2, 0) is 0 Å². The summed E-state index contributed by atoms with van der Waals surface area (Å²) < 4.78 is 0. The van der Waals surface area contributed by atoms with E-state index >= 15 is 0 Å². The zero-order chi connectivity index (χ0) is 11.5. The van der Waals surface area contributed by atoms with Crippen molar-refractivity contribution < 1.29 is 0 Å². The molecule has 0 aliphatic carbocycles. The van der Waals surface area contributed by atoms with Crippen LogP contribution >= 0.6 is 0 Å². The average molecular weight is 211 g/mol. The molecule has 1 aliphatic heterocycles. The lowest BCUT2D eigenvalue weighted by atomic mass is 9.76. The molecule has 1 saturated heterocycles. The lowest BCUT2D eigenvalue weighted by molar-refractivity contribution is 0.114. The molecule has 0 amide bonds. The Bertz CT molecular complexity index is 182. The number of hydrogen-bond donors (Lipinski definition) is 0. The Balaban J connectivity index is 2.40. The van der Waals surface area contributed by atoms with E-state index in [-0.39, 0.29) is 0 Å². The van der Waals surface area contributed by atoms with E-state index in [2.05, 4.69) is 39.5 Å². The summed E-state index contributed by atoms with van der Waals surface area (Å²) in [5.41, 5.74) is 0.925. The first-order valence-corrected chi connectivity index (χ1v) is 6.51. The maximum atomic E-state index is 2.66. The van der Waals surface area contributed by atoms with Crippen LogP contribution in [0.5, 0.6) is 0 Å². The van der Waals surface area contributed by atoms with Gasteiger partial charge in [-0.3, -0.25) is 0 Å². The van der Waals surface area contributed by atoms with Crippen molar-refractivity contribution in [1.82, 2.24) is 4.90 Å². The SMILES string of the molecule is CC(C)(C)CC(C)(C)CN1CCCCC1. The van der Waals surface area contributed by atoms with Crippen molar-refractivity contribution in [3.05, 3.63) is 0 Å². The molecule has 0 saturated carbocycles. The Morgan fingerprint density at radius 3 is 1.87 bits per heavy atom. The molecule has 0 aromatic rings. The van der Waals surface area contributed by atoms with Crippen molar-refractivity contribution in [1.29, 1.82) is 0 Å². The van der Waals surface area contributed by atoms with Gasteiger partial charge >= 0.3 is 0 Å². The van der Waals surface area contributed by atoms with Gasteiger partial charge in [0.1, 0.15) is 0 Å². The van der Waals surface area contributed by atoms with Gasteiger partial charge in [-0.15, -0.1) is 0 Å². The summed E-state index contributed by atoms with van der Waals surface area (Å²) in [5.74, 6) is 0. The van der Waals surface area contributed by atoms with Crippen LogP contribution in [-0.4, -0.2) is 24.5 Å². The molecule has 1 nitrogen and oxygen atoms in total. The molecule has 1 aliphatic rings. The maximum absolute atomic E-state index is 2.66. The lowest BCUT2D eigenvalue weighted by Gasteiger charge is -2.38. The minimum absolute atomic E-state index is 0.458. The van der Waals surface area contributed by atoms with Crippen molar-refractivity contribution in [2.45, 2.75) is 60.3 Å². The van der Waals surface area contributed by atoms with Crippen molar-refractivity contribution in [3.63, 3.8) is 0 Å². The molecular formula is C14H29N. The fourth-order valence-corrected chi connectivity index (χ4v) is 3.21. The molecule has 0 aromatic heterocycles. The maximum Gasteiger partial charge on any atom is 0.00329 e. The first-order chi connectivity index (χ1) is 6.79. The third kappa shape index (κ3) is 5.55. The zero-order valence-electron chi connectivity index (χ0n) is 11.4. The van der Waals surface area contributed by atoms with Crippen LogP contribution in [0, 0.1) is 10.8 Å². The van der Waals surface area contributed by atoms with Crippen LogP contribution < -0.4 is 0 Å². The Morgan fingerprint density at radius 2 is 1.40 bits per heavy atom. The van der Waals surface area contributed by atoms with E-state index in [0.717, 1.165) is 0 Å². The second-order valence-corrected chi connectivity index (χ2v) is 7.24. The molecule has 1 rings (SSSR count). The van der Waals surface area contributed by atoms with Gasteiger partial charge in [-0.05, 0) is 43.2 Å². The minimum atomic E-state index is 0.458. The van der Waals surface area contributed by atoms with E-state index in [1.54, 1.807) is 0 Å². The van der Waals surface area contributed by atoms with Gasteiger partial charge < -0.3 is 4.90 Å². The van der Waals surface area contributed by atoms with E-state index in [9.17, 15) is 0 Å². The van der Waals surface area contributed by atoms with Gasteiger partial charge in [-0.25, -0.2) is 0 Å². The number of likely N-dealkylation sites (tertiary alicyclic amines) is 1. The molecule has 0 radical (unpaired) electrons. The van der Waals surface area contributed by atoms with Crippen molar-refractivity contribution in [2.24, 2.45) is 10.8 Å². The van der Waals surface area contributed by atoms with Gasteiger partial charge in [0, 0.05) is 6.54 Å². The summed E-state index contributed by atoms with van der Waals surface area (Å²) in [7, 11) is 0. The third-order valence-electron chi connectivity index (χ3n) is 3.11. The van der Waals surface area contributed by atoms with Crippen molar-refractivity contribution in [2.75, 3.05) is 19.6 Å². The molecule has 0 unspecified atom stereocenters.